The third-order valence-corrected chi connectivity index (χ3v) is 4.93. The van der Waals surface area contributed by atoms with Crippen LogP contribution in [0.25, 0.3) is 0 Å². The van der Waals surface area contributed by atoms with Gasteiger partial charge in [-0.15, -0.1) is 0 Å². The summed E-state index contributed by atoms with van der Waals surface area (Å²) in [5.74, 6) is 0.471. The van der Waals surface area contributed by atoms with Gasteiger partial charge in [0.15, 0.2) is 5.82 Å². The number of hydrogen-bond acceptors (Lipinski definition) is 5. The Bertz CT molecular complexity index is 848. The fourth-order valence-corrected chi connectivity index (χ4v) is 3.47. The molecule has 0 aromatic carbocycles. The molecule has 3 N–H and O–H groups in total. The van der Waals surface area contributed by atoms with Crippen LogP contribution in [0.4, 0.5) is 10.6 Å². The van der Waals surface area contributed by atoms with E-state index in [1.54, 1.807) is 6.07 Å². The Kier molecular flexibility index (Phi) is 6.28. The molecular weight excluding hydrogens is 358 g/mol. The molecule has 3 rings (SSSR count). The van der Waals surface area contributed by atoms with Gasteiger partial charge in [-0.05, 0) is 51.7 Å². The molecule has 2 heterocycles. The van der Waals surface area contributed by atoms with E-state index in [1.807, 2.05) is 32.9 Å². The van der Waals surface area contributed by atoms with Gasteiger partial charge in [-0.25, -0.2) is 4.79 Å². The topological polar surface area (TPSA) is 109 Å². The van der Waals surface area contributed by atoms with Crippen molar-refractivity contribution < 1.29 is 14.3 Å². The van der Waals surface area contributed by atoms with Gasteiger partial charge < -0.3 is 15.4 Å². The van der Waals surface area contributed by atoms with Crippen LogP contribution >= 0.6 is 0 Å². The lowest BCUT2D eigenvalue weighted by atomic mass is 10.0. The van der Waals surface area contributed by atoms with Crippen molar-refractivity contribution in [3.63, 3.8) is 0 Å². The summed E-state index contributed by atoms with van der Waals surface area (Å²) in [6.07, 6.45) is 2.90. The molecule has 8 nitrogen and oxygen atoms in total. The molecule has 2 aromatic rings. The van der Waals surface area contributed by atoms with Gasteiger partial charge in [0.05, 0.1) is 11.3 Å². The number of carbonyl (C=O) groups is 2. The molecule has 1 saturated carbocycles. The minimum absolute atomic E-state index is 0.0931. The van der Waals surface area contributed by atoms with Crippen molar-refractivity contribution in [1.29, 1.82) is 0 Å². The van der Waals surface area contributed by atoms with E-state index in [9.17, 15) is 9.59 Å². The van der Waals surface area contributed by atoms with Gasteiger partial charge in [0.1, 0.15) is 6.10 Å². The molecule has 1 aliphatic carbocycles. The Hall–Kier alpha value is -2.90. The van der Waals surface area contributed by atoms with E-state index in [0.29, 0.717) is 23.6 Å². The standard InChI is InChI=1S/C20H27N5O3/c1-4-9-21-20(27)28-15-7-6-14(10-15)17-11-18(25-24-17)23-19(26)16-8-5-12(2)22-13(16)3/h5,8,11,14-15H,4,6-7,9-10H2,1-3H3,(H,21,27)(H2,23,24,25,26). The molecule has 1 aliphatic rings. The van der Waals surface area contributed by atoms with Crippen LogP contribution in [-0.4, -0.2) is 39.8 Å². The smallest absolute Gasteiger partial charge is 0.407 e. The van der Waals surface area contributed by atoms with Gasteiger partial charge in [0.25, 0.3) is 5.91 Å². The first-order valence-electron chi connectivity index (χ1n) is 9.71. The molecule has 0 aliphatic heterocycles. The SMILES string of the molecule is CCCNC(=O)OC1CCC(c2cc(NC(=O)c3ccc(C)nc3C)n[nH]2)C1. The summed E-state index contributed by atoms with van der Waals surface area (Å²) in [6, 6.07) is 5.43. The number of aromatic amines is 1. The second kappa shape index (κ2) is 8.86. The first-order chi connectivity index (χ1) is 13.5. The zero-order valence-electron chi connectivity index (χ0n) is 16.5. The highest BCUT2D eigenvalue weighted by Gasteiger charge is 2.30. The maximum atomic E-state index is 12.5. The average molecular weight is 385 g/mol. The number of aryl methyl sites for hydroxylation is 2. The molecule has 2 atom stereocenters. The number of hydrogen-bond donors (Lipinski definition) is 3. The number of ether oxygens (including phenoxy) is 1. The van der Waals surface area contributed by atoms with Crippen molar-refractivity contribution in [3.8, 4) is 0 Å². The van der Waals surface area contributed by atoms with E-state index in [1.165, 1.54) is 0 Å². The number of nitrogens with one attached hydrogen (secondary N) is 3. The second-order valence-corrected chi connectivity index (χ2v) is 7.21. The van der Waals surface area contributed by atoms with Crippen LogP contribution < -0.4 is 10.6 Å². The van der Waals surface area contributed by atoms with E-state index in [0.717, 1.165) is 37.1 Å². The van der Waals surface area contributed by atoms with Gasteiger partial charge in [-0.1, -0.05) is 6.92 Å². The highest BCUT2D eigenvalue weighted by atomic mass is 16.6. The van der Waals surface area contributed by atoms with Crippen LogP contribution in [0, 0.1) is 13.8 Å². The molecular formula is C20H27N5O3. The minimum atomic E-state index is -0.354. The average Bonchev–Trinajstić information content (AvgIpc) is 3.29. The normalized spacial score (nSPS) is 18.7. The number of aromatic nitrogens is 3. The van der Waals surface area contributed by atoms with Crippen molar-refractivity contribution in [3.05, 3.63) is 40.8 Å². The Morgan fingerprint density at radius 1 is 1.29 bits per heavy atom. The number of carbonyl (C=O) groups excluding carboxylic acids is 2. The van der Waals surface area contributed by atoms with Crippen LogP contribution in [0.5, 0.6) is 0 Å². The molecule has 2 unspecified atom stereocenters. The predicted octanol–water partition coefficient (Wildman–Crippen LogP) is 3.45. The first-order valence-corrected chi connectivity index (χ1v) is 9.71. The molecule has 2 aromatic heterocycles. The Balaban J connectivity index is 1.55. The molecule has 150 valence electrons. The highest BCUT2D eigenvalue weighted by molar-refractivity contribution is 6.04. The fraction of sp³-hybridized carbons (Fsp3) is 0.500. The predicted molar refractivity (Wildman–Crippen MR) is 105 cm³/mol. The number of pyridine rings is 1. The summed E-state index contributed by atoms with van der Waals surface area (Å²) < 4.78 is 5.46. The molecule has 0 radical (unpaired) electrons. The zero-order chi connectivity index (χ0) is 20.1. The number of alkyl carbamates (subject to hydrolysis) is 1. The lowest BCUT2D eigenvalue weighted by Gasteiger charge is -2.12. The van der Waals surface area contributed by atoms with Crippen molar-refractivity contribution >= 4 is 17.8 Å². The number of nitrogens with zero attached hydrogens (tertiary/aromatic N) is 2. The summed E-state index contributed by atoms with van der Waals surface area (Å²) in [4.78, 5) is 28.5. The minimum Gasteiger partial charge on any atom is -0.446 e. The zero-order valence-corrected chi connectivity index (χ0v) is 16.5. The monoisotopic (exact) mass is 385 g/mol. The molecule has 0 saturated heterocycles. The van der Waals surface area contributed by atoms with Gasteiger partial charge in [-0.2, -0.15) is 5.10 Å². The first kappa shape index (κ1) is 19.9. The lowest BCUT2D eigenvalue weighted by molar-refractivity contribution is 0.0998. The molecule has 2 amide bonds. The van der Waals surface area contributed by atoms with E-state index in [4.69, 9.17) is 4.74 Å². The van der Waals surface area contributed by atoms with Crippen molar-refractivity contribution in [2.45, 2.75) is 58.5 Å². The molecule has 0 spiro atoms. The quantitative estimate of drug-likeness (QED) is 0.706. The Labute approximate surface area is 164 Å². The van der Waals surface area contributed by atoms with Crippen LogP contribution in [0.1, 0.15) is 66.0 Å². The maximum Gasteiger partial charge on any atom is 0.407 e. The Morgan fingerprint density at radius 3 is 2.86 bits per heavy atom. The summed E-state index contributed by atoms with van der Waals surface area (Å²) in [7, 11) is 0. The van der Waals surface area contributed by atoms with E-state index in [-0.39, 0.29) is 24.0 Å². The summed E-state index contributed by atoms with van der Waals surface area (Å²) in [5.41, 5.74) is 3.03. The van der Waals surface area contributed by atoms with Crippen LogP contribution in [0.3, 0.4) is 0 Å². The molecule has 1 fully saturated rings. The highest BCUT2D eigenvalue weighted by Crippen LogP contribution is 2.35. The molecule has 28 heavy (non-hydrogen) atoms. The van der Waals surface area contributed by atoms with E-state index < -0.39 is 0 Å². The number of anilines is 1. The third-order valence-electron chi connectivity index (χ3n) is 4.93. The lowest BCUT2D eigenvalue weighted by Crippen LogP contribution is -2.28. The summed E-state index contributed by atoms with van der Waals surface area (Å²) in [6.45, 7) is 6.32. The van der Waals surface area contributed by atoms with E-state index >= 15 is 0 Å². The van der Waals surface area contributed by atoms with Crippen LogP contribution in [0.15, 0.2) is 18.2 Å². The van der Waals surface area contributed by atoms with Crippen molar-refractivity contribution in [2.75, 3.05) is 11.9 Å². The van der Waals surface area contributed by atoms with Gasteiger partial charge in [0, 0.05) is 29.9 Å². The number of amides is 2. The van der Waals surface area contributed by atoms with Gasteiger partial charge >= 0.3 is 6.09 Å². The summed E-state index contributed by atoms with van der Waals surface area (Å²) >= 11 is 0. The summed E-state index contributed by atoms with van der Waals surface area (Å²) in [5, 5.41) is 12.7. The van der Waals surface area contributed by atoms with Gasteiger partial charge in [-0.3, -0.25) is 14.9 Å². The fourth-order valence-electron chi connectivity index (χ4n) is 3.47. The van der Waals surface area contributed by atoms with Crippen LogP contribution in [-0.2, 0) is 4.74 Å². The number of H-pyrrole nitrogens is 1. The van der Waals surface area contributed by atoms with Crippen molar-refractivity contribution in [2.24, 2.45) is 0 Å². The number of rotatable bonds is 6. The molecule has 0 bridgehead atoms. The van der Waals surface area contributed by atoms with E-state index in [2.05, 4.69) is 25.8 Å². The maximum absolute atomic E-state index is 12.5. The van der Waals surface area contributed by atoms with Gasteiger partial charge in [0.2, 0.25) is 0 Å². The third kappa shape index (κ3) is 4.88. The Morgan fingerprint density at radius 2 is 2.11 bits per heavy atom. The second-order valence-electron chi connectivity index (χ2n) is 7.21. The van der Waals surface area contributed by atoms with Crippen LogP contribution in [0.2, 0.25) is 0 Å². The largest absolute Gasteiger partial charge is 0.446 e. The van der Waals surface area contributed by atoms with Crippen molar-refractivity contribution in [1.82, 2.24) is 20.5 Å². The molecule has 8 heteroatoms.